The highest BCUT2D eigenvalue weighted by Gasteiger charge is 2.40. The number of hydrogen-bond acceptors (Lipinski definition) is 4. The molecule has 0 bridgehead atoms. The van der Waals surface area contributed by atoms with Crippen molar-refractivity contribution in [3.05, 3.63) is 49.4 Å². The molecule has 1 heterocycles. The molecule has 1 amide bonds. The summed E-state index contributed by atoms with van der Waals surface area (Å²) in [6.07, 6.45) is 12.5. The second-order valence-electron chi connectivity index (χ2n) is 9.37. The van der Waals surface area contributed by atoms with Crippen LogP contribution < -0.4 is 15.2 Å². The van der Waals surface area contributed by atoms with Crippen LogP contribution in [0.2, 0.25) is 25.1 Å². The maximum absolute atomic E-state index is 13.6. The van der Waals surface area contributed by atoms with Gasteiger partial charge < -0.3 is 4.74 Å². The maximum atomic E-state index is 13.6. The lowest BCUT2D eigenvalue weighted by molar-refractivity contribution is -0.116. The van der Waals surface area contributed by atoms with E-state index in [1.807, 2.05) is 0 Å². The van der Waals surface area contributed by atoms with Gasteiger partial charge in [0.2, 0.25) is 0 Å². The Morgan fingerprint density at radius 3 is 2.03 bits per heavy atom. The Morgan fingerprint density at radius 2 is 1.44 bits per heavy atom. The van der Waals surface area contributed by atoms with E-state index in [4.69, 9.17) is 67.7 Å². The van der Waals surface area contributed by atoms with Crippen LogP contribution in [0.5, 0.6) is 5.75 Å². The largest absolute Gasteiger partial charge is 0.495 e. The fourth-order valence-electron chi connectivity index (χ4n) is 4.29. The van der Waals surface area contributed by atoms with Crippen LogP contribution in [0.3, 0.4) is 0 Å². The second kappa shape index (κ2) is 16.4. The minimum absolute atomic E-state index is 0.228. The van der Waals surface area contributed by atoms with Gasteiger partial charge in [-0.15, -0.1) is 11.8 Å². The molecular weight excluding hydrogens is 620 g/mol. The molecule has 1 atom stereocenters. The standard InChI is InChI=1S/C28H34Cl5N3O2S/c1-3-4-5-6-7-8-9-10-11-12-13-39-26-27(34-23-17-24(38-2)20(31)16-19(23)30)35-36(28(26)37)25-21(32)14-18(29)15-22(25)33/h14-17,26H,3-13H2,1-2H3,(H,34,35). The SMILES string of the molecule is CCCCCCCCCCCCSC1C(=O)N(c2c(Cl)cc(Cl)cc2Cl)NC1=Nc1cc(OC)c(Cl)cc1Cl. The summed E-state index contributed by atoms with van der Waals surface area (Å²) in [7, 11) is 1.51. The highest BCUT2D eigenvalue weighted by atomic mass is 35.5. The molecule has 1 fully saturated rings. The number of carbonyl (C=O) groups is 1. The smallest absolute Gasteiger partial charge is 0.266 e. The van der Waals surface area contributed by atoms with E-state index in [-0.39, 0.29) is 16.0 Å². The van der Waals surface area contributed by atoms with Crippen molar-refractivity contribution >= 4 is 92.9 Å². The van der Waals surface area contributed by atoms with Crippen LogP contribution in [0, 0.1) is 0 Å². The van der Waals surface area contributed by atoms with E-state index in [9.17, 15) is 4.79 Å². The van der Waals surface area contributed by atoms with Crippen molar-refractivity contribution in [2.24, 2.45) is 4.99 Å². The molecule has 0 aliphatic carbocycles. The van der Waals surface area contributed by atoms with Gasteiger partial charge in [-0.1, -0.05) is 123 Å². The molecule has 39 heavy (non-hydrogen) atoms. The van der Waals surface area contributed by atoms with Gasteiger partial charge in [0.05, 0.1) is 32.9 Å². The predicted octanol–water partition coefficient (Wildman–Crippen LogP) is 10.6. The number of thioether (sulfide) groups is 1. The minimum atomic E-state index is -0.593. The molecule has 2 aromatic rings. The van der Waals surface area contributed by atoms with Crippen LogP contribution in [0.1, 0.15) is 71.1 Å². The summed E-state index contributed by atoms with van der Waals surface area (Å²) >= 11 is 33.1. The Morgan fingerprint density at radius 1 is 0.846 bits per heavy atom. The van der Waals surface area contributed by atoms with Crippen molar-refractivity contribution in [2.75, 3.05) is 17.9 Å². The lowest BCUT2D eigenvalue weighted by Crippen LogP contribution is -2.36. The van der Waals surface area contributed by atoms with Gasteiger partial charge in [-0.25, -0.2) is 10.0 Å². The predicted molar refractivity (Wildman–Crippen MR) is 170 cm³/mol. The Balaban J connectivity index is 1.71. The monoisotopic (exact) mass is 651 g/mol. The van der Waals surface area contributed by atoms with Gasteiger partial charge in [0.15, 0.2) is 0 Å². The van der Waals surface area contributed by atoms with Crippen LogP contribution in [0.25, 0.3) is 0 Å². The number of rotatable bonds is 15. The first-order chi connectivity index (χ1) is 18.8. The third-order valence-electron chi connectivity index (χ3n) is 6.37. The molecule has 0 spiro atoms. The van der Waals surface area contributed by atoms with E-state index in [0.29, 0.717) is 38.0 Å². The molecule has 3 rings (SSSR count). The van der Waals surface area contributed by atoms with E-state index >= 15 is 0 Å². The first-order valence-corrected chi connectivity index (χ1v) is 16.2. The molecule has 5 nitrogen and oxygen atoms in total. The third kappa shape index (κ3) is 9.24. The number of benzene rings is 2. The first kappa shape index (κ1) is 32.5. The van der Waals surface area contributed by atoms with Gasteiger partial charge in [-0.3, -0.25) is 10.2 Å². The van der Waals surface area contributed by atoms with Crippen molar-refractivity contribution in [2.45, 2.75) is 76.4 Å². The Labute approximate surface area is 260 Å². The number of anilines is 1. The fourth-order valence-corrected chi connectivity index (χ4v) is 6.90. The molecule has 1 saturated heterocycles. The van der Waals surface area contributed by atoms with E-state index in [2.05, 4.69) is 12.3 Å². The molecule has 0 aromatic heterocycles. The van der Waals surface area contributed by atoms with Gasteiger partial charge in [0.25, 0.3) is 5.91 Å². The summed E-state index contributed by atoms with van der Waals surface area (Å²) in [6, 6.07) is 6.29. The number of halogens is 5. The molecule has 2 aromatic carbocycles. The zero-order chi connectivity index (χ0) is 28.4. The quantitative estimate of drug-likeness (QED) is 0.194. The molecule has 1 aliphatic heterocycles. The Hall–Kier alpha value is -1.02. The topological polar surface area (TPSA) is 53.9 Å². The van der Waals surface area contributed by atoms with Crippen molar-refractivity contribution in [3.8, 4) is 5.75 Å². The van der Waals surface area contributed by atoms with Crippen LogP contribution in [-0.4, -0.2) is 29.9 Å². The Bertz CT molecular complexity index is 1140. The number of methoxy groups -OCH3 is 1. The summed E-state index contributed by atoms with van der Waals surface area (Å²) in [5, 5.41) is 2.32. The molecule has 11 heteroatoms. The summed E-state index contributed by atoms with van der Waals surface area (Å²) in [6.45, 7) is 2.24. The number of aliphatic imine (C=N–C) groups is 1. The molecule has 0 saturated carbocycles. The number of nitrogens with one attached hydrogen (secondary N) is 1. The van der Waals surface area contributed by atoms with Crippen LogP contribution in [0.4, 0.5) is 11.4 Å². The highest BCUT2D eigenvalue weighted by Crippen LogP contribution is 2.40. The van der Waals surface area contributed by atoms with Gasteiger partial charge in [-0.2, -0.15) is 0 Å². The summed E-state index contributed by atoms with van der Waals surface area (Å²) in [5.41, 5.74) is 3.84. The lowest BCUT2D eigenvalue weighted by atomic mass is 10.1. The number of unbranched alkanes of at least 4 members (excludes halogenated alkanes) is 9. The normalized spacial score (nSPS) is 16.3. The number of hydrazine groups is 1. The van der Waals surface area contributed by atoms with Crippen LogP contribution in [-0.2, 0) is 4.79 Å². The zero-order valence-electron chi connectivity index (χ0n) is 22.2. The average molecular weight is 654 g/mol. The van der Waals surface area contributed by atoms with E-state index < -0.39 is 5.25 Å². The number of carbonyl (C=O) groups excluding carboxylic acids is 1. The molecule has 1 N–H and O–H groups in total. The number of amidine groups is 1. The fraction of sp³-hybridized carbons (Fsp3) is 0.500. The van der Waals surface area contributed by atoms with Crippen LogP contribution >= 0.6 is 69.8 Å². The molecule has 1 aliphatic rings. The van der Waals surface area contributed by atoms with Gasteiger partial charge in [0.1, 0.15) is 22.5 Å². The summed E-state index contributed by atoms with van der Waals surface area (Å²) < 4.78 is 5.32. The van der Waals surface area contributed by atoms with E-state index in [0.717, 1.165) is 18.6 Å². The van der Waals surface area contributed by atoms with E-state index in [1.165, 1.54) is 75.2 Å². The minimum Gasteiger partial charge on any atom is -0.495 e. The number of nitrogens with zero attached hydrogens (tertiary/aromatic N) is 2. The molecule has 214 valence electrons. The van der Waals surface area contributed by atoms with Gasteiger partial charge >= 0.3 is 0 Å². The van der Waals surface area contributed by atoms with Gasteiger partial charge in [-0.05, 0) is 30.4 Å². The van der Waals surface area contributed by atoms with Crippen molar-refractivity contribution in [3.63, 3.8) is 0 Å². The van der Waals surface area contributed by atoms with Gasteiger partial charge in [0, 0.05) is 11.1 Å². The van der Waals surface area contributed by atoms with Crippen molar-refractivity contribution < 1.29 is 9.53 Å². The number of amides is 1. The van der Waals surface area contributed by atoms with Crippen LogP contribution in [0.15, 0.2) is 29.3 Å². The Kier molecular flexibility index (Phi) is 13.7. The number of ether oxygens (including phenoxy) is 1. The molecule has 1 unspecified atom stereocenters. The second-order valence-corrected chi connectivity index (χ2v) is 12.6. The first-order valence-electron chi connectivity index (χ1n) is 13.2. The summed E-state index contributed by atoms with van der Waals surface area (Å²) in [4.78, 5) is 18.3. The third-order valence-corrected chi connectivity index (χ3v) is 9.04. The highest BCUT2D eigenvalue weighted by molar-refractivity contribution is 8.01. The lowest BCUT2D eigenvalue weighted by Gasteiger charge is -2.19. The summed E-state index contributed by atoms with van der Waals surface area (Å²) in [5.74, 6) is 1.43. The van der Waals surface area contributed by atoms with E-state index in [1.54, 1.807) is 24.3 Å². The number of hydrogen-bond donors (Lipinski definition) is 1. The molecule has 0 radical (unpaired) electrons. The van der Waals surface area contributed by atoms with Crippen molar-refractivity contribution in [1.82, 2.24) is 5.43 Å². The molecular formula is C28H34Cl5N3O2S. The maximum Gasteiger partial charge on any atom is 0.266 e. The zero-order valence-corrected chi connectivity index (χ0v) is 26.8. The van der Waals surface area contributed by atoms with Crippen molar-refractivity contribution in [1.29, 1.82) is 0 Å². The average Bonchev–Trinajstić information content (AvgIpc) is 3.18.